The minimum absolute atomic E-state index is 0.0870. The van der Waals surface area contributed by atoms with Crippen LogP contribution in [0.5, 0.6) is 11.5 Å². The number of halogens is 1. The van der Waals surface area contributed by atoms with Crippen molar-refractivity contribution in [3.63, 3.8) is 0 Å². The minimum Gasteiger partial charge on any atom is -0.490 e. The average molecular weight is 376 g/mol. The molecule has 26 heavy (non-hydrogen) atoms. The second kappa shape index (κ2) is 7.21. The average Bonchev–Trinajstić information content (AvgIpc) is 2.95. The molecule has 0 atom stereocenters. The third-order valence-electron chi connectivity index (χ3n) is 3.61. The Kier molecular flexibility index (Phi) is 4.99. The van der Waals surface area contributed by atoms with Crippen LogP contribution in [0.2, 0.25) is 5.02 Å². The van der Waals surface area contributed by atoms with Gasteiger partial charge in [0, 0.05) is 6.08 Å². The molecule has 0 unspecified atom stereocenters. The number of benzene rings is 1. The molecule has 0 saturated heterocycles. The third kappa shape index (κ3) is 3.30. The third-order valence-corrected chi connectivity index (χ3v) is 3.89. The number of aliphatic imine (C=N–C) groups is 1. The molecule has 2 aliphatic heterocycles. The lowest BCUT2D eigenvalue weighted by molar-refractivity contribution is -0.114. The second-order valence-corrected chi connectivity index (χ2v) is 5.93. The molecule has 0 radical (unpaired) electrons. The highest BCUT2D eigenvalue weighted by atomic mass is 35.5. The summed E-state index contributed by atoms with van der Waals surface area (Å²) < 4.78 is 11.1. The first kappa shape index (κ1) is 18.0. The summed E-state index contributed by atoms with van der Waals surface area (Å²) in [6.45, 7) is 6.31. The summed E-state index contributed by atoms with van der Waals surface area (Å²) in [6.07, 6.45) is 3.14. The van der Waals surface area contributed by atoms with Gasteiger partial charge in [-0.3, -0.25) is 10.2 Å². The maximum atomic E-state index is 12.3. The Labute approximate surface area is 156 Å². The van der Waals surface area contributed by atoms with Gasteiger partial charge in [0.2, 0.25) is 0 Å². The first-order valence-electron chi connectivity index (χ1n) is 8.13. The molecule has 2 heterocycles. The molecule has 136 valence electrons. The zero-order valence-corrected chi connectivity index (χ0v) is 15.4. The number of rotatable bonds is 5. The number of hydrogen-bond acceptors (Lipinski definition) is 5. The van der Waals surface area contributed by atoms with Crippen LogP contribution in [0.3, 0.4) is 0 Å². The molecule has 0 fully saturated rings. The fourth-order valence-corrected chi connectivity index (χ4v) is 2.86. The second-order valence-electron chi connectivity index (χ2n) is 5.52. The number of ether oxygens (including phenoxy) is 2. The van der Waals surface area contributed by atoms with E-state index in [9.17, 15) is 4.79 Å². The van der Waals surface area contributed by atoms with Gasteiger partial charge in [-0.1, -0.05) is 11.6 Å². The Balaban J connectivity index is 2.00. The summed E-state index contributed by atoms with van der Waals surface area (Å²) in [5.41, 5.74) is 0.692. The van der Waals surface area contributed by atoms with Gasteiger partial charge in [-0.15, -0.1) is 5.06 Å². The molecule has 0 aliphatic carbocycles. The van der Waals surface area contributed by atoms with Crippen LogP contribution in [0.4, 0.5) is 0 Å². The highest BCUT2D eigenvalue weighted by Crippen LogP contribution is 2.37. The number of carbonyl (C=O) groups is 1. The van der Waals surface area contributed by atoms with Crippen molar-refractivity contribution in [2.75, 3.05) is 13.2 Å². The maximum Gasteiger partial charge on any atom is 0.282 e. The van der Waals surface area contributed by atoms with E-state index in [1.165, 1.54) is 11.1 Å². The lowest BCUT2D eigenvalue weighted by Gasteiger charge is -2.23. The number of nitrogens with one attached hydrogen (secondary N) is 1. The van der Waals surface area contributed by atoms with Crippen molar-refractivity contribution >= 4 is 35.3 Å². The van der Waals surface area contributed by atoms with Crippen molar-refractivity contribution < 1.29 is 19.1 Å². The Morgan fingerprint density at radius 2 is 2.04 bits per heavy atom. The zero-order valence-electron chi connectivity index (χ0n) is 14.6. The van der Waals surface area contributed by atoms with Crippen LogP contribution in [-0.4, -0.2) is 35.9 Å². The molecule has 0 spiro atoms. The van der Waals surface area contributed by atoms with Crippen LogP contribution >= 0.6 is 11.6 Å². The highest BCUT2D eigenvalue weighted by Gasteiger charge is 2.34. The summed E-state index contributed by atoms with van der Waals surface area (Å²) in [7, 11) is 0. The topological polar surface area (TPSA) is 84.2 Å². The molecule has 0 aromatic heterocycles. The molecule has 8 heteroatoms. The van der Waals surface area contributed by atoms with E-state index in [1.54, 1.807) is 25.1 Å². The number of amides is 1. The normalized spacial score (nSPS) is 17.7. The summed E-state index contributed by atoms with van der Waals surface area (Å²) in [5.74, 6) is 1.18. The SMILES string of the molecule is CCOc1cc(/C=C2\C(=N)N3OC(C)=CC3=NC2=O)cc(Cl)c1OCC. The lowest BCUT2D eigenvalue weighted by atomic mass is 10.1. The molecule has 0 saturated carbocycles. The van der Waals surface area contributed by atoms with Crippen molar-refractivity contribution in [3.8, 4) is 11.5 Å². The summed E-state index contributed by atoms with van der Waals surface area (Å²) in [6, 6.07) is 3.36. The van der Waals surface area contributed by atoms with E-state index in [0.29, 0.717) is 46.9 Å². The number of nitrogens with zero attached hydrogens (tertiary/aromatic N) is 2. The van der Waals surface area contributed by atoms with Crippen LogP contribution in [0.15, 0.2) is 34.5 Å². The highest BCUT2D eigenvalue weighted by molar-refractivity contribution is 6.33. The minimum atomic E-state index is -0.515. The molecular formula is C18H18ClN3O4. The first-order chi connectivity index (χ1) is 12.4. The van der Waals surface area contributed by atoms with Crippen LogP contribution in [-0.2, 0) is 9.63 Å². The van der Waals surface area contributed by atoms with Crippen LogP contribution < -0.4 is 9.47 Å². The van der Waals surface area contributed by atoms with Crippen molar-refractivity contribution in [1.29, 1.82) is 5.41 Å². The van der Waals surface area contributed by atoms with E-state index in [0.717, 1.165) is 0 Å². The Morgan fingerprint density at radius 1 is 1.31 bits per heavy atom. The van der Waals surface area contributed by atoms with Gasteiger partial charge in [0.05, 0.1) is 23.8 Å². The number of allylic oxidation sites excluding steroid dienone is 1. The van der Waals surface area contributed by atoms with Gasteiger partial charge in [0.15, 0.2) is 23.2 Å². The van der Waals surface area contributed by atoms with Crippen LogP contribution in [0.25, 0.3) is 6.08 Å². The molecule has 1 aromatic carbocycles. The summed E-state index contributed by atoms with van der Waals surface area (Å²) in [4.78, 5) is 21.7. The van der Waals surface area contributed by atoms with E-state index in [2.05, 4.69) is 4.99 Å². The molecule has 1 amide bonds. The fourth-order valence-electron chi connectivity index (χ4n) is 2.59. The number of amidine groups is 2. The van der Waals surface area contributed by atoms with Crippen molar-refractivity contribution in [2.24, 2.45) is 4.99 Å². The number of fused-ring (bicyclic) bond motifs is 1. The predicted molar refractivity (Wildman–Crippen MR) is 98.6 cm³/mol. The maximum absolute atomic E-state index is 12.3. The monoisotopic (exact) mass is 375 g/mol. The number of hydroxylamine groups is 2. The van der Waals surface area contributed by atoms with Crippen molar-refractivity contribution in [1.82, 2.24) is 5.06 Å². The number of hydrogen-bond donors (Lipinski definition) is 1. The van der Waals surface area contributed by atoms with Gasteiger partial charge in [0.25, 0.3) is 5.91 Å². The molecule has 0 bridgehead atoms. The fraction of sp³-hybridized carbons (Fsp3) is 0.278. The number of carbonyl (C=O) groups excluding carboxylic acids is 1. The molecule has 7 nitrogen and oxygen atoms in total. The van der Waals surface area contributed by atoms with Gasteiger partial charge in [0.1, 0.15) is 5.76 Å². The standard InChI is InChI=1S/C18H18ClN3O4/c1-4-24-14-9-11(8-13(19)16(14)25-5-2)7-12-17(20)22-15(21-18(12)23)6-10(3)26-22/h6-9,20H,4-5H2,1-3H3/b12-7+,20-17?. The van der Waals surface area contributed by atoms with Crippen LogP contribution in [0, 0.1) is 5.41 Å². The molecule has 2 aliphatic rings. The van der Waals surface area contributed by atoms with Gasteiger partial charge >= 0.3 is 0 Å². The predicted octanol–water partition coefficient (Wildman–Crippen LogP) is 3.59. The first-order valence-corrected chi connectivity index (χ1v) is 8.51. The Bertz CT molecular complexity index is 873. The van der Waals surface area contributed by atoms with Gasteiger partial charge in [-0.05, 0) is 44.5 Å². The van der Waals surface area contributed by atoms with Crippen molar-refractivity contribution in [3.05, 3.63) is 40.1 Å². The molecule has 1 aromatic rings. The van der Waals surface area contributed by atoms with Crippen LogP contribution in [0.1, 0.15) is 26.3 Å². The summed E-state index contributed by atoms with van der Waals surface area (Å²) >= 11 is 6.30. The van der Waals surface area contributed by atoms with Gasteiger partial charge in [-0.25, -0.2) is 0 Å². The van der Waals surface area contributed by atoms with Crippen molar-refractivity contribution in [2.45, 2.75) is 20.8 Å². The largest absolute Gasteiger partial charge is 0.490 e. The van der Waals surface area contributed by atoms with E-state index in [-0.39, 0.29) is 11.4 Å². The Hall–Kier alpha value is -2.80. The quantitative estimate of drug-likeness (QED) is 0.795. The van der Waals surface area contributed by atoms with E-state index < -0.39 is 5.91 Å². The summed E-state index contributed by atoms with van der Waals surface area (Å²) in [5, 5.41) is 9.82. The molecule has 3 rings (SSSR count). The Morgan fingerprint density at radius 3 is 2.73 bits per heavy atom. The van der Waals surface area contributed by atoms with Gasteiger partial charge < -0.3 is 14.3 Å². The zero-order chi connectivity index (χ0) is 18.8. The van der Waals surface area contributed by atoms with E-state index in [4.69, 9.17) is 31.3 Å². The smallest absolute Gasteiger partial charge is 0.282 e. The van der Waals surface area contributed by atoms with Gasteiger partial charge in [-0.2, -0.15) is 4.99 Å². The van der Waals surface area contributed by atoms with E-state index in [1.807, 2.05) is 13.8 Å². The van der Waals surface area contributed by atoms with E-state index >= 15 is 0 Å². The molecular weight excluding hydrogens is 358 g/mol. The molecule has 1 N–H and O–H groups in total. The lowest BCUT2D eigenvalue weighted by Crippen LogP contribution is -2.38.